The lowest BCUT2D eigenvalue weighted by Gasteiger charge is -1.89. The van der Waals surface area contributed by atoms with Gasteiger partial charge in [-0.05, 0) is 25.0 Å². The van der Waals surface area contributed by atoms with E-state index in [4.69, 9.17) is 5.11 Å². The zero-order chi connectivity index (χ0) is 10.5. The van der Waals surface area contributed by atoms with E-state index in [1.54, 1.807) is 0 Å². The van der Waals surface area contributed by atoms with Gasteiger partial charge in [-0.25, -0.2) is 0 Å². The predicted octanol–water partition coefficient (Wildman–Crippen LogP) is 1.17. The molecule has 2 aromatic rings. The second-order valence-corrected chi connectivity index (χ2v) is 3.46. The standard InChI is InChI=1S/C11H15N3O/c15-8-4-3-7-12-11-13-9-5-1-2-6-10(9)14-11/h1-2,5-6,15H,3-4,7-8H2,(H2,12,13,14). The molecule has 0 radical (unpaired) electrons. The SMILES string of the molecule is OCCCCN=c1[nH]c2ccccc2[nH]1. The number of aliphatic hydroxyl groups is 1. The smallest absolute Gasteiger partial charge is 0.200 e. The molecule has 3 N–H and O–H groups in total. The number of nitrogens with zero attached hydrogens (tertiary/aromatic N) is 1. The van der Waals surface area contributed by atoms with Gasteiger partial charge in [-0.15, -0.1) is 0 Å². The number of aliphatic hydroxyl groups excluding tert-OH is 1. The molecule has 1 heterocycles. The lowest BCUT2D eigenvalue weighted by molar-refractivity contribution is 0.285. The number of para-hydroxylation sites is 2. The van der Waals surface area contributed by atoms with Gasteiger partial charge in [-0.3, -0.25) is 4.99 Å². The predicted molar refractivity (Wildman–Crippen MR) is 59.4 cm³/mol. The zero-order valence-electron chi connectivity index (χ0n) is 8.53. The molecule has 0 saturated heterocycles. The Hall–Kier alpha value is -1.55. The van der Waals surface area contributed by atoms with Crippen LogP contribution in [0.2, 0.25) is 0 Å². The number of aromatic nitrogens is 2. The third-order valence-electron chi connectivity index (χ3n) is 2.27. The summed E-state index contributed by atoms with van der Waals surface area (Å²) in [7, 11) is 0. The third kappa shape index (κ3) is 2.47. The number of aromatic amines is 2. The Balaban J connectivity index is 2.14. The van der Waals surface area contributed by atoms with Crippen LogP contribution in [0.4, 0.5) is 0 Å². The van der Waals surface area contributed by atoms with Crippen molar-refractivity contribution in [1.29, 1.82) is 0 Å². The van der Waals surface area contributed by atoms with E-state index in [1.807, 2.05) is 24.3 Å². The van der Waals surface area contributed by atoms with Crippen LogP contribution in [-0.4, -0.2) is 28.2 Å². The van der Waals surface area contributed by atoms with Crippen molar-refractivity contribution in [3.8, 4) is 0 Å². The summed E-state index contributed by atoms with van der Waals surface area (Å²) in [4.78, 5) is 10.7. The van der Waals surface area contributed by atoms with Crippen LogP contribution in [0.25, 0.3) is 11.0 Å². The van der Waals surface area contributed by atoms with Gasteiger partial charge in [-0.2, -0.15) is 0 Å². The Morgan fingerprint density at radius 2 is 1.73 bits per heavy atom. The summed E-state index contributed by atoms with van der Waals surface area (Å²) in [6.45, 7) is 0.982. The molecule has 0 bridgehead atoms. The summed E-state index contributed by atoms with van der Waals surface area (Å²) < 4.78 is 0. The van der Waals surface area contributed by atoms with Crippen LogP contribution in [0.5, 0.6) is 0 Å². The summed E-state index contributed by atoms with van der Waals surface area (Å²) in [6, 6.07) is 8.00. The molecule has 4 heteroatoms. The second-order valence-electron chi connectivity index (χ2n) is 3.46. The van der Waals surface area contributed by atoms with Crippen molar-refractivity contribution >= 4 is 11.0 Å². The number of hydrogen-bond donors (Lipinski definition) is 3. The summed E-state index contributed by atoms with van der Waals surface area (Å²) in [5.41, 5.74) is 2.94. The molecule has 0 saturated carbocycles. The van der Waals surface area contributed by atoms with Gasteiger partial charge in [0.05, 0.1) is 11.0 Å². The molecular weight excluding hydrogens is 190 g/mol. The Kier molecular flexibility index (Phi) is 3.19. The lowest BCUT2D eigenvalue weighted by Crippen LogP contribution is -2.06. The largest absolute Gasteiger partial charge is 0.396 e. The molecule has 2 rings (SSSR count). The van der Waals surface area contributed by atoms with Gasteiger partial charge in [0.15, 0.2) is 5.62 Å². The number of imidazole rings is 1. The Morgan fingerprint density at radius 3 is 2.33 bits per heavy atom. The number of benzene rings is 1. The number of H-pyrrole nitrogens is 2. The van der Waals surface area contributed by atoms with E-state index in [1.165, 1.54) is 0 Å². The van der Waals surface area contributed by atoms with Crippen molar-refractivity contribution in [3.05, 3.63) is 29.9 Å². The van der Waals surface area contributed by atoms with Crippen molar-refractivity contribution in [3.63, 3.8) is 0 Å². The Labute approximate surface area is 87.7 Å². The second kappa shape index (κ2) is 4.79. The molecule has 0 amide bonds. The number of rotatable bonds is 4. The quantitative estimate of drug-likeness (QED) is 0.644. The van der Waals surface area contributed by atoms with E-state index in [0.29, 0.717) is 0 Å². The van der Waals surface area contributed by atoms with Gasteiger partial charge < -0.3 is 15.1 Å². The fourth-order valence-electron chi connectivity index (χ4n) is 1.48. The summed E-state index contributed by atoms with van der Waals surface area (Å²) in [5, 5.41) is 8.62. The van der Waals surface area contributed by atoms with Gasteiger partial charge in [-0.1, -0.05) is 12.1 Å². The average Bonchev–Trinajstić information content (AvgIpc) is 2.67. The maximum atomic E-state index is 8.62. The molecule has 0 aliphatic heterocycles. The van der Waals surface area contributed by atoms with Crippen LogP contribution in [0.15, 0.2) is 29.3 Å². The van der Waals surface area contributed by atoms with E-state index in [9.17, 15) is 0 Å². The monoisotopic (exact) mass is 205 g/mol. The first-order valence-corrected chi connectivity index (χ1v) is 5.18. The van der Waals surface area contributed by atoms with Crippen molar-refractivity contribution in [2.24, 2.45) is 4.99 Å². The van der Waals surface area contributed by atoms with Crippen LogP contribution < -0.4 is 5.62 Å². The molecule has 15 heavy (non-hydrogen) atoms. The molecule has 0 unspecified atom stereocenters. The average molecular weight is 205 g/mol. The van der Waals surface area contributed by atoms with Crippen LogP contribution in [0.3, 0.4) is 0 Å². The lowest BCUT2D eigenvalue weighted by atomic mass is 10.3. The van der Waals surface area contributed by atoms with Gasteiger partial charge >= 0.3 is 0 Å². The van der Waals surface area contributed by atoms with Gasteiger partial charge in [0.25, 0.3) is 0 Å². The van der Waals surface area contributed by atoms with Gasteiger partial charge in [0.2, 0.25) is 0 Å². The fraction of sp³-hybridized carbons (Fsp3) is 0.364. The molecule has 1 aromatic carbocycles. The molecule has 1 aromatic heterocycles. The van der Waals surface area contributed by atoms with Crippen molar-refractivity contribution < 1.29 is 5.11 Å². The summed E-state index contributed by atoms with van der Waals surface area (Å²) in [5.74, 6) is 0. The van der Waals surface area contributed by atoms with Crippen LogP contribution >= 0.6 is 0 Å². The highest BCUT2D eigenvalue weighted by Crippen LogP contribution is 2.03. The maximum absolute atomic E-state index is 8.62. The molecule has 0 fully saturated rings. The van der Waals surface area contributed by atoms with E-state index in [2.05, 4.69) is 15.0 Å². The molecule has 0 spiro atoms. The van der Waals surface area contributed by atoms with Gasteiger partial charge in [0.1, 0.15) is 0 Å². The Morgan fingerprint density at radius 1 is 1.07 bits per heavy atom. The topological polar surface area (TPSA) is 64.2 Å². The van der Waals surface area contributed by atoms with Gasteiger partial charge in [0, 0.05) is 13.2 Å². The summed E-state index contributed by atoms with van der Waals surface area (Å²) in [6.07, 6.45) is 1.73. The minimum absolute atomic E-state index is 0.242. The summed E-state index contributed by atoms with van der Waals surface area (Å²) >= 11 is 0. The first-order valence-electron chi connectivity index (χ1n) is 5.18. The highest BCUT2D eigenvalue weighted by Gasteiger charge is 1.93. The number of hydrogen-bond acceptors (Lipinski definition) is 2. The fourth-order valence-corrected chi connectivity index (χ4v) is 1.48. The zero-order valence-corrected chi connectivity index (χ0v) is 8.53. The first-order chi connectivity index (χ1) is 7.40. The van der Waals surface area contributed by atoms with Crippen molar-refractivity contribution in [2.75, 3.05) is 13.2 Å². The van der Waals surface area contributed by atoms with Crippen LogP contribution in [-0.2, 0) is 0 Å². The van der Waals surface area contributed by atoms with Crippen molar-refractivity contribution in [2.45, 2.75) is 12.8 Å². The third-order valence-corrected chi connectivity index (χ3v) is 2.27. The molecule has 0 aliphatic rings. The molecular formula is C11H15N3O. The maximum Gasteiger partial charge on any atom is 0.200 e. The normalized spacial score (nSPS) is 10.7. The molecule has 80 valence electrons. The number of fused-ring (bicyclic) bond motifs is 1. The number of unbranched alkanes of at least 4 members (excludes halogenated alkanes) is 1. The minimum atomic E-state index is 0.242. The highest BCUT2D eigenvalue weighted by molar-refractivity contribution is 5.73. The first kappa shape index (κ1) is 9.98. The Bertz CT molecular complexity index is 448. The van der Waals surface area contributed by atoms with E-state index < -0.39 is 0 Å². The molecule has 0 atom stereocenters. The molecule has 4 nitrogen and oxygen atoms in total. The highest BCUT2D eigenvalue weighted by atomic mass is 16.2. The van der Waals surface area contributed by atoms with Crippen molar-refractivity contribution in [1.82, 2.24) is 9.97 Å². The van der Waals surface area contributed by atoms with Crippen LogP contribution in [0, 0.1) is 0 Å². The van der Waals surface area contributed by atoms with E-state index in [0.717, 1.165) is 36.0 Å². The molecule has 0 aliphatic carbocycles. The number of nitrogens with one attached hydrogen (secondary N) is 2. The van der Waals surface area contributed by atoms with E-state index in [-0.39, 0.29) is 6.61 Å². The minimum Gasteiger partial charge on any atom is -0.396 e. The van der Waals surface area contributed by atoms with Crippen LogP contribution in [0.1, 0.15) is 12.8 Å². The van der Waals surface area contributed by atoms with E-state index >= 15 is 0 Å².